The van der Waals surface area contributed by atoms with E-state index in [1.165, 1.54) is 109 Å². The third-order valence-electron chi connectivity index (χ3n) is 10.1. The van der Waals surface area contributed by atoms with Crippen molar-refractivity contribution in [3.05, 3.63) is 36.5 Å². The molecule has 0 aromatic carbocycles. The number of esters is 3. The first kappa shape index (κ1) is 52.6. The van der Waals surface area contributed by atoms with Crippen molar-refractivity contribution in [3.63, 3.8) is 0 Å². The van der Waals surface area contributed by atoms with Crippen LogP contribution in [0.2, 0.25) is 0 Å². The van der Waals surface area contributed by atoms with Crippen LogP contribution in [-0.4, -0.2) is 37.2 Å². The lowest BCUT2D eigenvalue weighted by Gasteiger charge is -2.18. The fourth-order valence-electron chi connectivity index (χ4n) is 6.52. The molecule has 0 aliphatic rings. The summed E-state index contributed by atoms with van der Waals surface area (Å²) < 4.78 is 16.6. The molecule has 0 bridgehead atoms. The fourth-order valence-corrected chi connectivity index (χ4v) is 6.52. The van der Waals surface area contributed by atoms with Crippen molar-refractivity contribution in [2.45, 2.75) is 245 Å². The zero-order chi connectivity index (χ0) is 40.1. The van der Waals surface area contributed by atoms with E-state index in [2.05, 4.69) is 57.2 Å². The van der Waals surface area contributed by atoms with Crippen molar-refractivity contribution in [1.82, 2.24) is 0 Å². The molecular formula is C49H88O6. The Bertz CT molecular complexity index is 938. The predicted molar refractivity (Wildman–Crippen MR) is 233 cm³/mol. The highest BCUT2D eigenvalue weighted by Gasteiger charge is 2.19. The van der Waals surface area contributed by atoms with Crippen molar-refractivity contribution < 1.29 is 28.6 Å². The quantitative estimate of drug-likeness (QED) is 0.0266. The summed E-state index contributed by atoms with van der Waals surface area (Å²) in [6.45, 7) is 6.51. The highest BCUT2D eigenvalue weighted by atomic mass is 16.6. The van der Waals surface area contributed by atoms with Crippen LogP contribution in [0, 0.1) is 0 Å². The van der Waals surface area contributed by atoms with Crippen LogP contribution in [0.1, 0.15) is 239 Å². The van der Waals surface area contributed by atoms with Gasteiger partial charge in [-0.2, -0.15) is 0 Å². The molecule has 55 heavy (non-hydrogen) atoms. The number of carbonyl (C=O) groups excluding carboxylic acids is 3. The van der Waals surface area contributed by atoms with Crippen molar-refractivity contribution in [3.8, 4) is 0 Å². The molecule has 0 heterocycles. The number of hydrogen-bond donors (Lipinski definition) is 0. The van der Waals surface area contributed by atoms with E-state index in [9.17, 15) is 14.4 Å². The molecule has 0 aromatic heterocycles. The minimum Gasteiger partial charge on any atom is -0.462 e. The summed E-state index contributed by atoms with van der Waals surface area (Å²) in [5.74, 6) is -0.908. The molecule has 0 aliphatic heterocycles. The van der Waals surface area contributed by atoms with Gasteiger partial charge in [-0.1, -0.05) is 179 Å². The first-order chi connectivity index (χ1) is 27.0. The summed E-state index contributed by atoms with van der Waals surface area (Å²) in [7, 11) is 0. The summed E-state index contributed by atoms with van der Waals surface area (Å²) in [4.78, 5) is 37.5. The summed E-state index contributed by atoms with van der Waals surface area (Å²) in [5.41, 5.74) is 0. The van der Waals surface area contributed by atoms with Gasteiger partial charge in [0, 0.05) is 19.3 Å². The minimum atomic E-state index is -0.774. The Morgan fingerprint density at radius 2 is 0.655 bits per heavy atom. The van der Waals surface area contributed by atoms with E-state index < -0.39 is 6.10 Å². The smallest absolute Gasteiger partial charge is 0.306 e. The number of carbonyl (C=O) groups is 3. The normalized spacial score (nSPS) is 12.3. The highest BCUT2D eigenvalue weighted by molar-refractivity contribution is 5.71. The van der Waals surface area contributed by atoms with Crippen molar-refractivity contribution in [2.75, 3.05) is 13.2 Å². The van der Waals surface area contributed by atoms with Gasteiger partial charge in [0.1, 0.15) is 13.2 Å². The second kappa shape index (κ2) is 44.3. The summed E-state index contributed by atoms with van der Waals surface area (Å²) in [5, 5.41) is 0. The topological polar surface area (TPSA) is 78.9 Å². The SMILES string of the molecule is CCCCC/C=C\C/C=C\CCCCCCCC(=O)OC(COC(=O)CCCCCCC)COC(=O)CCCCCCCCC/C=C\CCCCCCCC. The molecule has 0 spiro atoms. The monoisotopic (exact) mass is 773 g/mol. The molecule has 0 rings (SSSR count). The number of rotatable bonds is 42. The van der Waals surface area contributed by atoms with Gasteiger partial charge in [-0.25, -0.2) is 0 Å². The molecule has 1 unspecified atom stereocenters. The average molecular weight is 773 g/mol. The number of ether oxygens (including phenoxy) is 3. The molecule has 6 nitrogen and oxygen atoms in total. The maximum Gasteiger partial charge on any atom is 0.306 e. The van der Waals surface area contributed by atoms with Gasteiger partial charge in [-0.05, 0) is 77.0 Å². The van der Waals surface area contributed by atoms with E-state index in [1.807, 2.05) is 0 Å². The molecule has 320 valence electrons. The van der Waals surface area contributed by atoms with Crippen molar-refractivity contribution in [2.24, 2.45) is 0 Å². The molecule has 0 N–H and O–H groups in total. The third-order valence-corrected chi connectivity index (χ3v) is 10.1. The van der Waals surface area contributed by atoms with E-state index in [0.717, 1.165) is 89.9 Å². The molecule has 0 saturated heterocycles. The van der Waals surface area contributed by atoms with E-state index in [1.54, 1.807) is 0 Å². The van der Waals surface area contributed by atoms with Crippen LogP contribution in [0.3, 0.4) is 0 Å². The Hall–Kier alpha value is -2.37. The Kier molecular flexibility index (Phi) is 42.4. The first-order valence-corrected chi connectivity index (χ1v) is 23.5. The lowest BCUT2D eigenvalue weighted by molar-refractivity contribution is -0.167. The van der Waals surface area contributed by atoms with Gasteiger partial charge in [0.05, 0.1) is 0 Å². The maximum absolute atomic E-state index is 12.7. The molecule has 1 atom stereocenters. The molecule has 0 aromatic rings. The Morgan fingerprint density at radius 1 is 0.364 bits per heavy atom. The predicted octanol–water partition coefficient (Wildman–Crippen LogP) is 15.0. The first-order valence-electron chi connectivity index (χ1n) is 23.5. The Morgan fingerprint density at radius 3 is 1.05 bits per heavy atom. The Balaban J connectivity index is 4.22. The lowest BCUT2D eigenvalue weighted by atomic mass is 10.1. The number of hydrogen-bond acceptors (Lipinski definition) is 6. The van der Waals surface area contributed by atoms with Crippen LogP contribution >= 0.6 is 0 Å². The van der Waals surface area contributed by atoms with Crippen LogP contribution in [0.15, 0.2) is 36.5 Å². The van der Waals surface area contributed by atoms with Gasteiger partial charge in [0.25, 0.3) is 0 Å². The molecule has 0 saturated carbocycles. The van der Waals surface area contributed by atoms with E-state index in [0.29, 0.717) is 19.3 Å². The molecule has 0 radical (unpaired) electrons. The largest absolute Gasteiger partial charge is 0.462 e. The molecule has 0 amide bonds. The van der Waals surface area contributed by atoms with E-state index in [-0.39, 0.29) is 31.1 Å². The van der Waals surface area contributed by atoms with Crippen molar-refractivity contribution >= 4 is 17.9 Å². The van der Waals surface area contributed by atoms with Gasteiger partial charge in [0.15, 0.2) is 6.10 Å². The average Bonchev–Trinajstić information content (AvgIpc) is 3.18. The van der Waals surface area contributed by atoms with Gasteiger partial charge in [0.2, 0.25) is 0 Å². The molecule has 0 fully saturated rings. The van der Waals surface area contributed by atoms with Crippen molar-refractivity contribution in [1.29, 1.82) is 0 Å². The van der Waals surface area contributed by atoms with Gasteiger partial charge in [-0.3, -0.25) is 14.4 Å². The zero-order valence-electron chi connectivity index (χ0n) is 36.4. The van der Waals surface area contributed by atoms with E-state index in [4.69, 9.17) is 14.2 Å². The fraction of sp³-hybridized carbons (Fsp3) is 0.816. The minimum absolute atomic E-state index is 0.0794. The van der Waals surface area contributed by atoms with Crippen LogP contribution in [-0.2, 0) is 28.6 Å². The highest BCUT2D eigenvalue weighted by Crippen LogP contribution is 2.14. The van der Waals surface area contributed by atoms with Crippen LogP contribution < -0.4 is 0 Å². The number of unbranched alkanes of at least 4 members (excludes halogenated alkanes) is 25. The Labute approximate surface area is 340 Å². The molecular weight excluding hydrogens is 685 g/mol. The maximum atomic E-state index is 12.7. The third kappa shape index (κ3) is 42.6. The standard InChI is InChI=1S/C49H88O6/c1-4-7-10-13-15-17-19-21-23-24-26-27-29-31-33-36-39-42-48(51)54-45-46(44-53-47(50)41-38-35-12-9-6-3)55-49(52)43-40-37-34-32-30-28-25-22-20-18-16-14-11-8-5-2/h16,18,21-23,25,46H,4-15,17,19-20,24,26-45H2,1-3H3/b18-16-,23-21-,25-22-. The second-order valence-corrected chi connectivity index (χ2v) is 15.7. The van der Waals surface area contributed by atoms with E-state index >= 15 is 0 Å². The van der Waals surface area contributed by atoms with Gasteiger partial charge >= 0.3 is 17.9 Å². The number of allylic oxidation sites excluding steroid dienone is 6. The summed E-state index contributed by atoms with van der Waals surface area (Å²) in [6.07, 6.45) is 50.1. The van der Waals surface area contributed by atoms with Crippen LogP contribution in [0.5, 0.6) is 0 Å². The summed E-state index contributed by atoms with van der Waals surface area (Å²) in [6, 6.07) is 0. The second-order valence-electron chi connectivity index (χ2n) is 15.7. The van der Waals surface area contributed by atoms with Gasteiger partial charge < -0.3 is 14.2 Å². The zero-order valence-corrected chi connectivity index (χ0v) is 36.4. The lowest BCUT2D eigenvalue weighted by Crippen LogP contribution is -2.30. The van der Waals surface area contributed by atoms with Crippen LogP contribution in [0.25, 0.3) is 0 Å². The van der Waals surface area contributed by atoms with Crippen LogP contribution in [0.4, 0.5) is 0 Å². The molecule has 6 heteroatoms. The van der Waals surface area contributed by atoms with Gasteiger partial charge in [-0.15, -0.1) is 0 Å². The summed E-state index contributed by atoms with van der Waals surface area (Å²) >= 11 is 0. The molecule has 0 aliphatic carbocycles.